The number of hydrogen-bond donors (Lipinski definition) is 1. The zero-order valence-corrected chi connectivity index (χ0v) is 25.1. The second kappa shape index (κ2) is 14.5. The predicted molar refractivity (Wildman–Crippen MR) is 159 cm³/mol. The molecule has 3 rings (SSSR count). The molecule has 0 heterocycles. The first-order valence-corrected chi connectivity index (χ1v) is 15.0. The molecule has 2 atom stereocenters. The van der Waals surface area contributed by atoms with Crippen LogP contribution in [0.15, 0.2) is 83.8 Å². The zero-order valence-electron chi connectivity index (χ0n) is 24.2. The number of carbonyl (C=O) groups is 2. The Morgan fingerprint density at radius 3 is 2.20 bits per heavy atom. The van der Waals surface area contributed by atoms with Gasteiger partial charge in [0.25, 0.3) is 10.0 Å². The Morgan fingerprint density at radius 1 is 0.878 bits per heavy atom. The third kappa shape index (κ3) is 7.79. The molecule has 0 fully saturated rings. The number of hydrogen-bond acceptors (Lipinski definition) is 6. The van der Waals surface area contributed by atoms with Gasteiger partial charge in [0.1, 0.15) is 24.1 Å². The second-order valence-corrected chi connectivity index (χ2v) is 11.5. The first-order valence-electron chi connectivity index (χ1n) is 13.6. The number of ether oxygens (including phenoxy) is 2. The van der Waals surface area contributed by atoms with E-state index in [1.165, 1.54) is 24.1 Å². The topological polar surface area (TPSA) is 105 Å². The summed E-state index contributed by atoms with van der Waals surface area (Å²) in [5, 5.41) is 2.97. The van der Waals surface area contributed by atoms with Crippen LogP contribution in [0.25, 0.3) is 0 Å². The molecule has 0 bridgehead atoms. The van der Waals surface area contributed by atoms with E-state index in [0.29, 0.717) is 17.9 Å². The van der Waals surface area contributed by atoms with Crippen molar-refractivity contribution in [3.8, 4) is 11.5 Å². The van der Waals surface area contributed by atoms with Crippen LogP contribution in [0, 0.1) is 0 Å². The quantitative estimate of drug-likeness (QED) is 0.298. The summed E-state index contributed by atoms with van der Waals surface area (Å²) in [6.45, 7) is 5.22. The van der Waals surface area contributed by atoms with Gasteiger partial charge in [0.2, 0.25) is 11.8 Å². The molecule has 0 aliphatic rings. The Kier molecular flexibility index (Phi) is 11.2. The van der Waals surface area contributed by atoms with Crippen LogP contribution in [0.2, 0.25) is 0 Å². The maximum Gasteiger partial charge on any atom is 0.264 e. The van der Waals surface area contributed by atoms with E-state index in [1.54, 1.807) is 67.8 Å². The number of para-hydroxylation sites is 2. The van der Waals surface area contributed by atoms with Crippen LogP contribution in [-0.2, 0) is 26.2 Å². The number of anilines is 1. The molecule has 0 saturated carbocycles. The number of carbonyl (C=O) groups excluding carboxylic acids is 2. The van der Waals surface area contributed by atoms with E-state index < -0.39 is 28.5 Å². The van der Waals surface area contributed by atoms with Crippen molar-refractivity contribution in [2.75, 3.05) is 25.1 Å². The molecule has 0 saturated heterocycles. The van der Waals surface area contributed by atoms with E-state index in [1.807, 2.05) is 26.8 Å². The summed E-state index contributed by atoms with van der Waals surface area (Å²) in [7, 11) is -1.20. The SMILES string of the molecule is CC[C@H](C(=O)N[C@@H](C)CC)N(Cc1cccc(OC)c1)C(=O)CN(c1ccccc1OC)S(=O)(=O)c1ccccc1. The van der Waals surface area contributed by atoms with Crippen molar-refractivity contribution < 1.29 is 27.5 Å². The van der Waals surface area contributed by atoms with E-state index in [9.17, 15) is 18.0 Å². The Labute approximate surface area is 243 Å². The van der Waals surface area contributed by atoms with Gasteiger partial charge in [-0.25, -0.2) is 8.42 Å². The first kappa shape index (κ1) is 31.5. The molecule has 2 amide bonds. The maximum absolute atomic E-state index is 14.2. The van der Waals surface area contributed by atoms with Gasteiger partial charge in [0.05, 0.1) is 24.8 Å². The van der Waals surface area contributed by atoms with Crippen LogP contribution < -0.4 is 19.1 Å². The van der Waals surface area contributed by atoms with Gasteiger partial charge in [-0.1, -0.05) is 56.3 Å². The Morgan fingerprint density at radius 2 is 1.56 bits per heavy atom. The molecule has 0 aliphatic heterocycles. The van der Waals surface area contributed by atoms with Gasteiger partial charge in [-0.2, -0.15) is 0 Å². The van der Waals surface area contributed by atoms with Crippen molar-refractivity contribution >= 4 is 27.5 Å². The van der Waals surface area contributed by atoms with Crippen molar-refractivity contribution in [2.24, 2.45) is 0 Å². The molecule has 9 nitrogen and oxygen atoms in total. The molecular weight excluding hydrogens is 542 g/mol. The van der Waals surface area contributed by atoms with Gasteiger partial charge >= 0.3 is 0 Å². The molecule has 1 N–H and O–H groups in total. The minimum atomic E-state index is -4.19. The van der Waals surface area contributed by atoms with E-state index >= 15 is 0 Å². The fraction of sp³-hybridized carbons (Fsp3) is 0.355. The van der Waals surface area contributed by atoms with Gasteiger partial charge in [0, 0.05) is 12.6 Å². The molecule has 0 radical (unpaired) electrons. The van der Waals surface area contributed by atoms with Crippen molar-refractivity contribution in [2.45, 2.75) is 57.1 Å². The summed E-state index contributed by atoms with van der Waals surface area (Å²) in [4.78, 5) is 29.1. The van der Waals surface area contributed by atoms with Gasteiger partial charge in [-0.05, 0) is 61.7 Å². The third-order valence-corrected chi connectivity index (χ3v) is 8.61. The number of amides is 2. The molecule has 10 heteroatoms. The van der Waals surface area contributed by atoms with E-state index in [0.717, 1.165) is 16.3 Å². The van der Waals surface area contributed by atoms with Crippen LogP contribution >= 0.6 is 0 Å². The lowest BCUT2D eigenvalue weighted by atomic mass is 10.1. The van der Waals surface area contributed by atoms with Crippen LogP contribution in [0.4, 0.5) is 5.69 Å². The highest BCUT2D eigenvalue weighted by Gasteiger charge is 2.34. The fourth-order valence-corrected chi connectivity index (χ4v) is 5.84. The van der Waals surface area contributed by atoms with Gasteiger partial charge in [-0.15, -0.1) is 0 Å². The molecule has 3 aromatic carbocycles. The monoisotopic (exact) mass is 581 g/mol. The summed E-state index contributed by atoms with van der Waals surface area (Å²) in [6, 6.07) is 20.8. The van der Waals surface area contributed by atoms with Crippen LogP contribution in [-0.4, -0.2) is 58.0 Å². The second-order valence-electron chi connectivity index (χ2n) is 9.61. The van der Waals surface area contributed by atoms with Crippen LogP contribution in [0.3, 0.4) is 0 Å². The summed E-state index contributed by atoms with van der Waals surface area (Å²) in [5.74, 6) is 0.0623. The van der Waals surface area contributed by atoms with Crippen LogP contribution in [0.1, 0.15) is 39.2 Å². The minimum Gasteiger partial charge on any atom is -0.497 e. The average molecular weight is 582 g/mol. The summed E-state index contributed by atoms with van der Waals surface area (Å²) >= 11 is 0. The standard InChI is InChI=1S/C31H39N3O6S/c1-6-23(3)32-31(36)27(7-2)33(21-24-14-13-15-25(20-24)39-4)30(35)22-34(28-18-11-12-19-29(28)40-5)41(37,38)26-16-9-8-10-17-26/h8-20,23,27H,6-7,21-22H2,1-5H3,(H,32,36)/t23-,27+/m0/s1. The highest BCUT2D eigenvalue weighted by atomic mass is 32.2. The lowest BCUT2D eigenvalue weighted by Gasteiger charge is -2.34. The molecule has 0 aromatic heterocycles. The fourth-order valence-electron chi connectivity index (χ4n) is 4.40. The molecular formula is C31H39N3O6S. The smallest absolute Gasteiger partial charge is 0.264 e. The number of sulfonamides is 1. The number of methoxy groups -OCH3 is 2. The summed E-state index contributed by atoms with van der Waals surface area (Å²) in [5.41, 5.74) is 0.952. The highest BCUT2D eigenvalue weighted by Crippen LogP contribution is 2.32. The zero-order chi connectivity index (χ0) is 30.0. The number of benzene rings is 3. The average Bonchev–Trinajstić information content (AvgIpc) is 2.99. The lowest BCUT2D eigenvalue weighted by molar-refractivity contribution is -0.140. The summed E-state index contributed by atoms with van der Waals surface area (Å²) in [6.07, 6.45) is 1.06. The molecule has 0 spiro atoms. The molecule has 3 aromatic rings. The molecule has 41 heavy (non-hydrogen) atoms. The predicted octanol–water partition coefficient (Wildman–Crippen LogP) is 4.62. The largest absolute Gasteiger partial charge is 0.497 e. The van der Waals surface area contributed by atoms with Gasteiger partial charge < -0.3 is 19.7 Å². The minimum absolute atomic E-state index is 0.0274. The van der Waals surface area contributed by atoms with Gasteiger partial charge in [0.15, 0.2) is 0 Å². The Balaban J connectivity index is 2.09. The Bertz CT molecular complexity index is 1410. The Hall–Kier alpha value is -4.05. The molecule has 220 valence electrons. The first-order chi connectivity index (χ1) is 19.7. The van der Waals surface area contributed by atoms with E-state index in [-0.39, 0.29) is 29.1 Å². The van der Waals surface area contributed by atoms with Crippen molar-refractivity contribution in [3.63, 3.8) is 0 Å². The van der Waals surface area contributed by atoms with Gasteiger partial charge in [-0.3, -0.25) is 13.9 Å². The molecule has 0 aliphatic carbocycles. The highest BCUT2D eigenvalue weighted by molar-refractivity contribution is 7.92. The third-order valence-electron chi connectivity index (χ3n) is 6.84. The number of nitrogens with zero attached hydrogens (tertiary/aromatic N) is 2. The van der Waals surface area contributed by atoms with Crippen LogP contribution in [0.5, 0.6) is 11.5 Å². The van der Waals surface area contributed by atoms with Crippen molar-refractivity contribution in [1.29, 1.82) is 0 Å². The van der Waals surface area contributed by atoms with Crippen molar-refractivity contribution in [3.05, 3.63) is 84.4 Å². The summed E-state index contributed by atoms with van der Waals surface area (Å²) < 4.78 is 39.8. The number of rotatable bonds is 14. The van der Waals surface area contributed by atoms with Crippen molar-refractivity contribution in [1.82, 2.24) is 10.2 Å². The number of nitrogens with one attached hydrogen (secondary N) is 1. The lowest BCUT2D eigenvalue weighted by Crippen LogP contribution is -2.53. The van der Waals surface area contributed by atoms with E-state index in [4.69, 9.17) is 9.47 Å². The molecule has 0 unspecified atom stereocenters. The normalized spacial score (nSPS) is 12.6. The van der Waals surface area contributed by atoms with E-state index in [2.05, 4.69) is 5.32 Å². The maximum atomic E-state index is 14.2.